The summed E-state index contributed by atoms with van der Waals surface area (Å²) in [5.41, 5.74) is -0.0668. The molecule has 0 radical (unpaired) electrons. The molecule has 0 aliphatic heterocycles. The van der Waals surface area contributed by atoms with Crippen LogP contribution in [-0.4, -0.2) is 25.0 Å². The van der Waals surface area contributed by atoms with Gasteiger partial charge in [0.15, 0.2) is 0 Å². The fourth-order valence-corrected chi connectivity index (χ4v) is 1.31. The van der Waals surface area contributed by atoms with Gasteiger partial charge in [0.05, 0.1) is 5.97 Å². The van der Waals surface area contributed by atoms with Gasteiger partial charge in [0.1, 0.15) is 0 Å². The van der Waals surface area contributed by atoms with Gasteiger partial charge in [0.25, 0.3) is 5.78 Å². The summed E-state index contributed by atoms with van der Waals surface area (Å²) in [6.07, 6.45) is -3.78. The Balaban J connectivity index is 2.96. The number of allylic oxidation sites excluding steroid dienone is 1. The van der Waals surface area contributed by atoms with Gasteiger partial charge in [-0.2, -0.15) is 13.2 Å². The fourth-order valence-electron chi connectivity index (χ4n) is 1.31. The third-order valence-corrected chi connectivity index (χ3v) is 2.23. The SMILES string of the molecule is CN(/C=C/C(=O)C(F)(F)F)c1ccccc1C(=O)[O-]. The topological polar surface area (TPSA) is 60.4 Å². The Hall–Kier alpha value is -2.31. The number of anilines is 1. The van der Waals surface area contributed by atoms with Gasteiger partial charge in [-0.05, 0) is 6.07 Å². The van der Waals surface area contributed by atoms with Crippen molar-refractivity contribution in [3.05, 3.63) is 42.1 Å². The third-order valence-electron chi connectivity index (χ3n) is 2.23. The third kappa shape index (κ3) is 3.84. The quantitative estimate of drug-likeness (QED) is 0.771. The number of carbonyl (C=O) groups is 2. The standard InChI is InChI=1S/C12H10F3NO3/c1-16(7-6-10(17)12(13,14)15)9-5-3-2-4-8(9)11(18)19/h2-7H,1H3,(H,18,19)/p-1/b7-6+. The minimum Gasteiger partial charge on any atom is -0.545 e. The Bertz CT molecular complexity index is 523. The van der Waals surface area contributed by atoms with Crippen molar-refractivity contribution in [3.63, 3.8) is 0 Å². The molecule has 4 nitrogen and oxygen atoms in total. The monoisotopic (exact) mass is 272 g/mol. The van der Waals surface area contributed by atoms with Gasteiger partial charge in [-0.3, -0.25) is 4.79 Å². The van der Waals surface area contributed by atoms with E-state index in [1.165, 1.54) is 31.3 Å². The van der Waals surface area contributed by atoms with E-state index in [1.54, 1.807) is 0 Å². The fraction of sp³-hybridized carbons (Fsp3) is 0.167. The smallest absolute Gasteiger partial charge is 0.454 e. The highest BCUT2D eigenvalue weighted by Crippen LogP contribution is 2.20. The highest BCUT2D eigenvalue weighted by atomic mass is 19.4. The molecule has 0 heterocycles. The van der Waals surface area contributed by atoms with Crippen molar-refractivity contribution in [2.45, 2.75) is 6.18 Å². The summed E-state index contributed by atoms with van der Waals surface area (Å²) in [7, 11) is 1.32. The maximum Gasteiger partial charge on any atom is 0.454 e. The molecule has 19 heavy (non-hydrogen) atoms. The predicted octanol–water partition coefficient (Wildman–Crippen LogP) is 1.13. The number of carboxylic acid groups (broad SMARTS) is 1. The van der Waals surface area contributed by atoms with E-state index in [2.05, 4.69) is 0 Å². The number of aromatic carboxylic acids is 1. The zero-order valence-electron chi connectivity index (χ0n) is 9.77. The summed E-state index contributed by atoms with van der Waals surface area (Å²) >= 11 is 0. The number of benzene rings is 1. The lowest BCUT2D eigenvalue weighted by molar-refractivity contribution is -0.254. The van der Waals surface area contributed by atoms with E-state index in [9.17, 15) is 27.9 Å². The largest absolute Gasteiger partial charge is 0.545 e. The summed E-state index contributed by atoms with van der Waals surface area (Å²) in [5.74, 6) is -3.48. The van der Waals surface area contributed by atoms with E-state index < -0.39 is 17.9 Å². The van der Waals surface area contributed by atoms with Crippen LogP contribution in [0, 0.1) is 0 Å². The zero-order chi connectivity index (χ0) is 14.6. The van der Waals surface area contributed by atoms with E-state index in [1.807, 2.05) is 0 Å². The summed E-state index contributed by atoms with van der Waals surface area (Å²) in [4.78, 5) is 22.6. The normalized spacial score (nSPS) is 11.6. The number of ketones is 1. The molecule has 0 aliphatic carbocycles. The van der Waals surface area contributed by atoms with Crippen molar-refractivity contribution in [2.24, 2.45) is 0 Å². The van der Waals surface area contributed by atoms with Crippen LogP contribution in [-0.2, 0) is 4.79 Å². The van der Waals surface area contributed by atoms with E-state index >= 15 is 0 Å². The maximum atomic E-state index is 12.0. The Labute approximate surface area is 106 Å². The van der Waals surface area contributed by atoms with Crippen LogP contribution in [0.1, 0.15) is 10.4 Å². The summed E-state index contributed by atoms with van der Waals surface area (Å²) in [5, 5.41) is 10.8. The van der Waals surface area contributed by atoms with Crippen molar-refractivity contribution in [1.29, 1.82) is 0 Å². The lowest BCUT2D eigenvalue weighted by Crippen LogP contribution is -2.25. The molecular weight excluding hydrogens is 263 g/mol. The van der Waals surface area contributed by atoms with E-state index in [0.29, 0.717) is 6.08 Å². The van der Waals surface area contributed by atoms with Crippen LogP contribution < -0.4 is 10.0 Å². The first-order chi connectivity index (χ1) is 8.73. The first kappa shape index (κ1) is 14.7. The van der Waals surface area contributed by atoms with Gasteiger partial charge in [0, 0.05) is 30.6 Å². The first-order valence-corrected chi connectivity index (χ1v) is 5.06. The van der Waals surface area contributed by atoms with Crippen LogP contribution in [0.5, 0.6) is 0 Å². The molecule has 0 spiro atoms. The number of para-hydroxylation sites is 1. The minimum atomic E-state index is -4.95. The molecule has 0 aliphatic rings. The molecule has 0 saturated heterocycles. The summed E-state index contributed by atoms with van der Waals surface area (Å²) in [6.45, 7) is 0. The number of hydrogen-bond donors (Lipinski definition) is 0. The molecule has 0 N–H and O–H groups in total. The van der Waals surface area contributed by atoms with Crippen molar-refractivity contribution in [1.82, 2.24) is 0 Å². The number of nitrogens with zero attached hydrogens (tertiary/aromatic N) is 1. The molecule has 102 valence electrons. The molecule has 0 bridgehead atoms. The first-order valence-electron chi connectivity index (χ1n) is 5.06. The molecule has 0 atom stereocenters. The number of carboxylic acids is 1. The van der Waals surface area contributed by atoms with Crippen LogP contribution >= 0.6 is 0 Å². The molecule has 0 aromatic heterocycles. The van der Waals surface area contributed by atoms with E-state index in [-0.39, 0.29) is 11.3 Å². The molecule has 0 unspecified atom stereocenters. The number of halogens is 3. The zero-order valence-corrected chi connectivity index (χ0v) is 9.77. The molecule has 0 amide bonds. The second-order valence-electron chi connectivity index (χ2n) is 3.59. The number of carbonyl (C=O) groups excluding carboxylic acids is 2. The maximum absolute atomic E-state index is 12.0. The Morgan fingerprint density at radius 1 is 1.26 bits per heavy atom. The van der Waals surface area contributed by atoms with Crippen LogP contribution in [0.3, 0.4) is 0 Å². The lowest BCUT2D eigenvalue weighted by atomic mass is 10.1. The Morgan fingerprint density at radius 2 is 1.84 bits per heavy atom. The number of rotatable bonds is 4. The average molecular weight is 272 g/mol. The highest BCUT2D eigenvalue weighted by Gasteiger charge is 2.36. The van der Waals surface area contributed by atoms with Crippen molar-refractivity contribution >= 4 is 17.4 Å². The van der Waals surface area contributed by atoms with Gasteiger partial charge in [-0.1, -0.05) is 18.2 Å². The number of alkyl halides is 3. The Morgan fingerprint density at radius 3 is 2.37 bits per heavy atom. The molecule has 1 rings (SSSR count). The molecule has 0 saturated carbocycles. The van der Waals surface area contributed by atoms with Crippen molar-refractivity contribution in [2.75, 3.05) is 11.9 Å². The van der Waals surface area contributed by atoms with Gasteiger partial charge >= 0.3 is 6.18 Å². The van der Waals surface area contributed by atoms with Crippen LogP contribution in [0.25, 0.3) is 0 Å². The number of hydrogen-bond acceptors (Lipinski definition) is 4. The van der Waals surface area contributed by atoms with Gasteiger partial charge in [-0.15, -0.1) is 0 Å². The van der Waals surface area contributed by atoms with Crippen molar-refractivity contribution in [3.8, 4) is 0 Å². The van der Waals surface area contributed by atoms with Gasteiger partial charge < -0.3 is 14.8 Å². The van der Waals surface area contributed by atoms with Crippen LogP contribution in [0.4, 0.5) is 18.9 Å². The molecule has 0 fully saturated rings. The Kier molecular flexibility index (Phi) is 4.31. The van der Waals surface area contributed by atoms with Crippen molar-refractivity contribution < 1.29 is 27.9 Å². The van der Waals surface area contributed by atoms with Crippen LogP contribution in [0.2, 0.25) is 0 Å². The van der Waals surface area contributed by atoms with Gasteiger partial charge in [0.2, 0.25) is 0 Å². The summed E-state index contributed by atoms with van der Waals surface area (Å²) < 4.78 is 36.0. The average Bonchev–Trinajstić information content (AvgIpc) is 2.34. The highest BCUT2D eigenvalue weighted by molar-refractivity contribution is 5.96. The lowest BCUT2D eigenvalue weighted by Gasteiger charge is -2.18. The molecule has 1 aromatic rings. The van der Waals surface area contributed by atoms with Gasteiger partial charge in [-0.25, -0.2) is 0 Å². The van der Waals surface area contributed by atoms with E-state index in [0.717, 1.165) is 11.1 Å². The van der Waals surface area contributed by atoms with E-state index in [4.69, 9.17) is 0 Å². The minimum absolute atomic E-state index is 0.119. The second kappa shape index (κ2) is 5.55. The molecular formula is C12H9F3NO3-. The molecule has 7 heteroatoms. The summed E-state index contributed by atoms with van der Waals surface area (Å²) in [6, 6.07) is 5.60. The second-order valence-corrected chi connectivity index (χ2v) is 3.59. The predicted molar refractivity (Wildman–Crippen MR) is 59.4 cm³/mol. The van der Waals surface area contributed by atoms with Crippen LogP contribution in [0.15, 0.2) is 36.5 Å². The molecule has 1 aromatic carbocycles.